The van der Waals surface area contributed by atoms with E-state index >= 15 is 0 Å². The van der Waals surface area contributed by atoms with Gasteiger partial charge in [-0.2, -0.15) is 0 Å². The molecule has 0 saturated carbocycles. The van der Waals surface area contributed by atoms with E-state index in [2.05, 4.69) is 23.9 Å². The molecule has 19 heavy (non-hydrogen) atoms. The lowest BCUT2D eigenvalue weighted by Crippen LogP contribution is -2.45. The summed E-state index contributed by atoms with van der Waals surface area (Å²) in [6.07, 6.45) is 2.29. The first-order valence-corrected chi connectivity index (χ1v) is 6.44. The molecule has 0 radical (unpaired) electrons. The number of nitro benzene ring substituents is 1. The van der Waals surface area contributed by atoms with Gasteiger partial charge in [-0.1, -0.05) is 0 Å². The summed E-state index contributed by atoms with van der Waals surface area (Å²) in [5.41, 5.74) is 7.38. The average molecular weight is 264 g/mol. The molecule has 6 nitrogen and oxygen atoms in total. The number of nitrogen functional groups attached to an aromatic ring is 1. The van der Waals surface area contributed by atoms with Crippen molar-refractivity contribution in [2.24, 2.45) is 0 Å². The van der Waals surface area contributed by atoms with Crippen molar-refractivity contribution in [3.63, 3.8) is 0 Å². The number of piperidine rings is 1. The molecule has 1 atom stereocenters. The molecule has 1 aromatic rings. The van der Waals surface area contributed by atoms with Gasteiger partial charge >= 0.3 is 0 Å². The van der Waals surface area contributed by atoms with E-state index < -0.39 is 4.92 Å². The highest BCUT2D eigenvalue weighted by molar-refractivity contribution is 5.70. The minimum Gasteiger partial charge on any atom is -0.397 e. The van der Waals surface area contributed by atoms with Gasteiger partial charge in [-0.3, -0.25) is 10.1 Å². The number of anilines is 2. The molecule has 1 fully saturated rings. The Bertz CT molecular complexity index is 476. The van der Waals surface area contributed by atoms with E-state index in [4.69, 9.17) is 5.73 Å². The monoisotopic (exact) mass is 264 g/mol. The summed E-state index contributed by atoms with van der Waals surface area (Å²) in [5, 5.41) is 10.7. The zero-order chi connectivity index (χ0) is 14.0. The molecular weight excluding hydrogens is 244 g/mol. The highest BCUT2D eigenvalue weighted by Gasteiger charge is 2.23. The Morgan fingerprint density at radius 1 is 1.47 bits per heavy atom. The second kappa shape index (κ2) is 5.44. The molecule has 0 amide bonds. The topological polar surface area (TPSA) is 75.6 Å². The fourth-order valence-corrected chi connectivity index (χ4v) is 2.54. The Morgan fingerprint density at radius 3 is 2.79 bits per heavy atom. The second-order valence-corrected chi connectivity index (χ2v) is 5.21. The number of hydrogen-bond donors (Lipinski definition) is 1. The molecule has 1 aromatic carbocycles. The number of hydrogen-bond acceptors (Lipinski definition) is 5. The van der Waals surface area contributed by atoms with Gasteiger partial charge in [-0.05, 0) is 33.0 Å². The Balaban J connectivity index is 2.19. The van der Waals surface area contributed by atoms with Crippen LogP contribution in [0, 0.1) is 10.1 Å². The van der Waals surface area contributed by atoms with E-state index in [-0.39, 0.29) is 5.69 Å². The van der Waals surface area contributed by atoms with Crippen LogP contribution in [0.5, 0.6) is 0 Å². The van der Waals surface area contributed by atoms with Gasteiger partial charge in [0, 0.05) is 31.3 Å². The number of nitrogens with two attached hydrogens (primary N) is 1. The fraction of sp³-hybridized carbons (Fsp3) is 0.538. The summed E-state index contributed by atoms with van der Waals surface area (Å²) in [6, 6.07) is 5.22. The van der Waals surface area contributed by atoms with Crippen molar-refractivity contribution in [2.45, 2.75) is 18.9 Å². The van der Waals surface area contributed by atoms with Gasteiger partial charge in [0.25, 0.3) is 5.69 Å². The molecule has 1 unspecified atom stereocenters. The molecule has 0 bridgehead atoms. The summed E-state index contributed by atoms with van der Waals surface area (Å²) in [7, 11) is 4.15. The van der Waals surface area contributed by atoms with Crippen LogP contribution in [-0.2, 0) is 0 Å². The van der Waals surface area contributed by atoms with E-state index in [1.54, 1.807) is 6.07 Å². The molecule has 0 aromatic heterocycles. The highest BCUT2D eigenvalue weighted by Crippen LogP contribution is 2.30. The van der Waals surface area contributed by atoms with Gasteiger partial charge in [0.15, 0.2) is 0 Å². The smallest absolute Gasteiger partial charge is 0.271 e. The van der Waals surface area contributed by atoms with E-state index in [0.717, 1.165) is 25.2 Å². The summed E-state index contributed by atoms with van der Waals surface area (Å²) in [5.74, 6) is 0. The van der Waals surface area contributed by atoms with Crippen LogP contribution >= 0.6 is 0 Å². The summed E-state index contributed by atoms with van der Waals surface area (Å²) < 4.78 is 0. The van der Waals surface area contributed by atoms with E-state index in [1.807, 2.05) is 0 Å². The van der Waals surface area contributed by atoms with Crippen LogP contribution < -0.4 is 10.6 Å². The first-order chi connectivity index (χ1) is 8.99. The van der Waals surface area contributed by atoms with E-state index in [0.29, 0.717) is 11.7 Å². The predicted molar refractivity (Wildman–Crippen MR) is 76.4 cm³/mol. The quantitative estimate of drug-likeness (QED) is 0.511. The standard InChI is InChI=1S/C13H20N4O2/c1-15(2)11-4-3-7-16(9-11)13-6-5-10(17(18)19)8-12(13)14/h5-6,8,11H,3-4,7,9,14H2,1-2H3. The Labute approximate surface area is 112 Å². The van der Waals surface area contributed by atoms with Gasteiger partial charge in [-0.25, -0.2) is 0 Å². The molecule has 2 N–H and O–H groups in total. The van der Waals surface area contributed by atoms with Crippen molar-refractivity contribution in [1.29, 1.82) is 0 Å². The molecule has 1 saturated heterocycles. The second-order valence-electron chi connectivity index (χ2n) is 5.21. The maximum absolute atomic E-state index is 10.7. The van der Waals surface area contributed by atoms with Crippen molar-refractivity contribution in [3.8, 4) is 0 Å². The van der Waals surface area contributed by atoms with Crippen molar-refractivity contribution < 1.29 is 4.92 Å². The van der Waals surface area contributed by atoms with Crippen LogP contribution in [-0.4, -0.2) is 43.0 Å². The van der Waals surface area contributed by atoms with Gasteiger partial charge < -0.3 is 15.5 Å². The van der Waals surface area contributed by atoms with Crippen molar-refractivity contribution in [1.82, 2.24) is 4.90 Å². The van der Waals surface area contributed by atoms with Gasteiger partial charge in [0.05, 0.1) is 16.3 Å². The van der Waals surface area contributed by atoms with Crippen molar-refractivity contribution >= 4 is 17.1 Å². The zero-order valence-corrected chi connectivity index (χ0v) is 11.4. The van der Waals surface area contributed by atoms with Gasteiger partial charge in [-0.15, -0.1) is 0 Å². The minimum atomic E-state index is -0.418. The minimum absolute atomic E-state index is 0.0439. The van der Waals surface area contributed by atoms with Gasteiger partial charge in [0.1, 0.15) is 0 Å². The molecule has 0 spiro atoms. The summed E-state index contributed by atoms with van der Waals surface area (Å²) in [4.78, 5) is 14.7. The SMILES string of the molecule is CN(C)C1CCCN(c2ccc([N+](=O)[O-])cc2N)C1. The number of non-ortho nitro benzene ring substituents is 1. The molecule has 6 heteroatoms. The average Bonchev–Trinajstić information content (AvgIpc) is 2.38. The van der Waals surface area contributed by atoms with E-state index in [1.165, 1.54) is 18.6 Å². The zero-order valence-electron chi connectivity index (χ0n) is 11.4. The molecule has 0 aliphatic carbocycles. The third kappa shape index (κ3) is 2.96. The lowest BCUT2D eigenvalue weighted by atomic mass is 10.0. The highest BCUT2D eigenvalue weighted by atomic mass is 16.6. The first-order valence-electron chi connectivity index (χ1n) is 6.44. The Kier molecular flexibility index (Phi) is 3.90. The Hall–Kier alpha value is -1.82. The van der Waals surface area contributed by atoms with Crippen LogP contribution in [0.1, 0.15) is 12.8 Å². The number of likely N-dealkylation sites (N-methyl/N-ethyl adjacent to an activating group) is 1. The maximum atomic E-state index is 10.7. The first kappa shape index (κ1) is 13.6. The molecule has 2 rings (SSSR count). The largest absolute Gasteiger partial charge is 0.397 e. The number of rotatable bonds is 3. The van der Waals surface area contributed by atoms with Crippen LogP contribution in [0.4, 0.5) is 17.1 Å². The molecule has 104 valence electrons. The van der Waals surface area contributed by atoms with E-state index in [9.17, 15) is 10.1 Å². The molecule has 1 heterocycles. The van der Waals surface area contributed by atoms with Crippen LogP contribution in [0.15, 0.2) is 18.2 Å². The van der Waals surface area contributed by atoms with Crippen molar-refractivity contribution in [3.05, 3.63) is 28.3 Å². The fourth-order valence-electron chi connectivity index (χ4n) is 2.54. The third-order valence-corrected chi connectivity index (χ3v) is 3.69. The summed E-state index contributed by atoms with van der Waals surface area (Å²) >= 11 is 0. The normalized spacial score (nSPS) is 19.7. The number of nitro groups is 1. The van der Waals surface area contributed by atoms with Crippen LogP contribution in [0.3, 0.4) is 0 Å². The predicted octanol–water partition coefficient (Wildman–Crippen LogP) is 1.71. The van der Waals surface area contributed by atoms with Crippen LogP contribution in [0.25, 0.3) is 0 Å². The molecule has 1 aliphatic heterocycles. The third-order valence-electron chi connectivity index (χ3n) is 3.69. The van der Waals surface area contributed by atoms with Crippen molar-refractivity contribution in [2.75, 3.05) is 37.8 Å². The Morgan fingerprint density at radius 2 is 2.21 bits per heavy atom. The molecular formula is C13H20N4O2. The lowest BCUT2D eigenvalue weighted by molar-refractivity contribution is -0.384. The van der Waals surface area contributed by atoms with Crippen LogP contribution in [0.2, 0.25) is 0 Å². The summed E-state index contributed by atoms with van der Waals surface area (Å²) in [6.45, 7) is 1.86. The lowest BCUT2D eigenvalue weighted by Gasteiger charge is -2.37. The number of benzene rings is 1. The molecule has 1 aliphatic rings. The van der Waals surface area contributed by atoms with Gasteiger partial charge in [0.2, 0.25) is 0 Å². The number of nitrogens with zero attached hydrogens (tertiary/aromatic N) is 3. The maximum Gasteiger partial charge on any atom is 0.271 e.